The molecule has 3 rings (SSSR count). The number of hydrogen-bond acceptors (Lipinski definition) is 3. The van der Waals surface area contributed by atoms with Gasteiger partial charge in [-0.25, -0.2) is 4.79 Å². The number of amides is 1. The Kier molecular flexibility index (Phi) is 6.12. The molecule has 0 aliphatic carbocycles. The summed E-state index contributed by atoms with van der Waals surface area (Å²) in [6.07, 6.45) is 2.50. The third-order valence-electron chi connectivity index (χ3n) is 5.08. The van der Waals surface area contributed by atoms with Gasteiger partial charge in [-0.1, -0.05) is 30.3 Å². The van der Waals surface area contributed by atoms with E-state index in [1.54, 1.807) is 12.1 Å². The highest BCUT2D eigenvalue weighted by Gasteiger charge is 2.24. The van der Waals surface area contributed by atoms with E-state index < -0.39 is 5.97 Å². The van der Waals surface area contributed by atoms with Gasteiger partial charge in [0.15, 0.2) is 6.61 Å². The first-order valence-electron chi connectivity index (χ1n) is 9.31. The minimum atomic E-state index is -0.883. The van der Waals surface area contributed by atoms with Gasteiger partial charge in [0, 0.05) is 13.1 Å². The Bertz CT molecular complexity index is 809. The molecule has 5 heteroatoms. The third-order valence-corrected chi connectivity index (χ3v) is 5.08. The van der Waals surface area contributed by atoms with Crippen LogP contribution in [0.25, 0.3) is 0 Å². The van der Waals surface area contributed by atoms with Crippen molar-refractivity contribution in [3.63, 3.8) is 0 Å². The van der Waals surface area contributed by atoms with Crippen molar-refractivity contribution < 1.29 is 19.4 Å². The molecule has 0 spiro atoms. The van der Waals surface area contributed by atoms with Gasteiger partial charge in [0.2, 0.25) is 0 Å². The molecule has 2 aromatic rings. The van der Waals surface area contributed by atoms with Crippen LogP contribution in [0.3, 0.4) is 0 Å². The molecule has 0 aromatic heterocycles. The fourth-order valence-corrected chi connectivity index (χ4v) is 3.55. The maximum Gasteiger partial charge on any atom is 0.335 e. The monoisotopic (exact) mass is 367 g/mol. The SMILES string of the molecule is Cc1cccc(OCC(=O)N2CCC(Cc3ccccc3C(=O)O)CC2)c1. The number of carboxylic acids is 1. The van der Waals surface area contributed by atoms with Gasteiger partial charge in [-0.15, -0.1) is 0 Å². The smallest absolute Gasteiger partial charge is 0.335 e. The van der Waals surface area contributed by atoms with Gasteiger partial charge in [-0.3, -0.25) is 4.79 Å². The highest BCUT2D eigenvalue weighted by atomic mass is 16.5. The number of benzene rings is 2. The first-order chi connectivity index (χ1) is 13.0. The summed E-state index contributed by atoms with van der Waals surface area (Å²) in [6.45, 7) is 3.42. The lowest BCUT2D eigenvalue weighted by Gasteiger charge is -2.32. The first kappa shape index (κ1) is 19.0. The van der Waals surface area contributed by atoms with E-state index in [1.165, 1.54) is 0 Å². The molecule has 5 nitrogen and oxygen atoms in total. The second-order valence-electron chi connectivity index (χ2n) is 7.10. The van der Waals surface area contributed by atoms with Crippen LogP contribution in [0.4, 0.5) is 0 Å². The summed E-state index contributed by atoms with van der Waals surface area (Å²) in [4.78, 5) is 25.6. The molecular weight excluding hydrogens is 342 g/mol. The van der Waals surface area contributed by atoms with E-state index in [4.69, 9.17) is 4.74 Å². The number of carbonyl (C=O) groups is 2. The summed E-state index contributed by atoms with van der Waals surface area (Å²) in [5.41, 5.74) is 2.35. The fraction of sp³-hybridized carbons (Fsp3) is 0.364. The number of aryl methyl sites for hydroxylation is 1. The lowest BCUT2D eigenvalue weighted by molar-refractivity contribution is -0.134. The van der Waals surface area contributed by atoms with Crippen molar-refractivity contribution in [3.05, 3.63) is 65.2 Å². The van der Waals surface area contributed by atoms with Gasteiger partial charge in [0.25, 0.3) is 5.91 Å². The predicted molar refractivity (Wildman–Crippen MR) is 103 cm³/mol. The fourth-order valence-electron chi connectivity index (χ4n) is 3.55. The van der Waals surface area contributed by atoms with Crippen molar-refractivity contribution in [1.82, 2.24) is 4.90 Å². The Labute approximate surface area is 159 Å². The van der Waals surface area contributed by atoms with E-state index >= 15 is 0 Å². The lowest BCUT2D eigenvalue weighted by atomic mass is 9.88. The van der Waals surface area contributed by atoms with E-state index in [1.807, 2.05) is 48.2 Å². The number of aromatic carboxylic acids is 1. The maximum absolute atomic E-state index is 12.4. The van der Waals surface area contributed by atoms with Gasteiger partial charge in [-0.2, -0.15) is 0 Å². The standard InChI is InChI=1S/C22H25NO4/c1-16-5-4-7-19(13-16)27-15-21(24)23-11-9-17(10-12-23)14-18-6-2-3-8-20(18)22(25)26/h2-8,13,17H,9-12,14-15H2,1H3,(H,25,26). The molecule has 142 valence electrons. The number of piperidine rings is 1. The normalized spacial score (nSPS) is 14.8. The number of hydrogen-bond donors (Lipinski definition) is 1. The van der Waals surface area contributed by atoms with Crippen LogP contribution < -0.4 is 4.74 Å². The average Bonchev–Trinajstić information content (AvgIpc) is 2.67. The molecule has 1 aliphatic rings. The lowest BCUT2D eigenvalue weighted by Crippen LogP contribution is -2.41. The van der Waals surface area contributed by atoms with Gasteiger partial charge < -0.3 is 14.7 Å². The summed E-state index contributed by atoms with van der Waals surface area (Å²) in [6, 6.07) is 14.8. The van der Waals surface area contributed by atoms with Crippen molar-refractivity contribution >= 4 is 11.9 Å². The molecule has 0 bridgehead atoms. The quantitative estimate of drug-likeness (QED) is 0.848. The Morgan fingerprint density at radius 1 is 1.11 bits per heavy atom. The van der Waals surface area contributed by atoms with Crippen LogP contribution in [0.5, 0.6) is 5.75 Å². The Morgan fingerprint density at radius 2 is 1.85 bits per heavy atom. The predicted octanol–water partition coefficient (Wildman–Crippen LogP) is 3.55. The zero-order valence-corrected chi connectivity index (χ0v) is 15.6. The minimum absolute atomic E-state index is 0.000826. The molecule has 1 fully saturated rings. The Hall–Kier alpha value is -2.82. The van der Waals surface area contributed by atoms with E-state index in [2.05, 4.69) is 0 Å². The minimum Gasteiger partial charge on any atom is -0.484 e. The number of carboxylic acid groups (broad SMARTS) is 1. The van der Waals surface area contributed by atoms with Crippen LogP contribution in [0.2, 0.25) is 0 Å². The zero-order valence-electron chi connectivity index (χ0n) is 15.6. The van der Waals surface area contributed by atoms with E-state index in [9.17, 15) is 14.7 Å². The van der Waals surface area contributed by atoms with Crippen molar-refractivity contribution in [3.8, 4) is 5.75 Å². The maximum atomic E-state index is 12.4. The van der Waals surface area contributed by atoms with Crippen LogP contribution in [0, 0.1) is 12.8 Å². The highest BCUT2D eigenvalue weighted by molar-refractivity contribution is 5.89. The second kappa shape index (κ2) is 8.71. The molecule has 1 aliphatic heterocycles. The molecule has 0 unspecified atom stereocenters. The number of ether oxygens (including phenoxy) is 1. The molecule has 27 heavy (non-hydrogen) atoms. The summed E-state index contributed by atoms with van der Waals surface area (Å²) in [7, 11) is 0. The van der Waals surface area contributed by atoms with E-state index in [0.717, 1.165) is 30.4 Å². The van der Waals surface area contributed by atoms with Gasteiger partial charge in [-0.05, 0) is 61.4 Å². The number of rotatable bonds is 6. The molecule has 0 atom stereocenters. The molecular formula is C22H25NO4. The topological polar surface area (TPSA) is 66.8 Å². The Balaban J connectivity index is 1.48. The Morgan fingerprint density at radius 3 is 2.56 bits per heavy atom. The first-order valence-corrected chi connectivity index (χ1v) is 9.31. The van der Waals surface area contributed by atoms with Crippen molar-refractivity contribution in [2.45, 2.75) is 26.2 Å². The molecule has 1 N–H and O–H groups in total. The van der Waals surface area contributed by atoms with Gasteiger partial charge in [0.05, 0.1) is 5.56 Å². The average molecular weight is 367 g/mol. The van der Waals surface area contributed by atoms with Crippen LogP contribution >= 0.6 is 0 Å². The van der Waals surface area contributed by atoms with Crippen LogP contribution in [0.1, 0.15) is 34.3 Å². The number of likely N-dealkylation sites (tertiary alicyclic amines) is 1. The van der Waals surface area contributed by atoms with Crippen molar-refractivity contribution in [2.75, 3.05) is 19.7 Å². The molecule has 0 radical (unpaired) electrons. The summed E-state index contributed by atoms with van der Waals surface area (Å²) in [5, 5.41) is 9.31. The van der Waals surface area contributed by atoms with Crippen LogP contribution in [0.15, 0.2) is 48.5 Å². The number of carbonyl (C=O) groups excluding carboxylic acids is 1. The summed E-state index contributed by atoms with van der Waals surface area (Å²) >= 11 is 0. The largest absolute Gasteiger partial charge is 0.484 e. The van der Waals surface area contributed by atoms with Gasteiger partial charge >= 0.3 is 5.97 Å². The third kappa shape index (κ3) is 5.09. The van der Waals surface area contributed by atoms with E-state index in [-0.39, 0.29) is 12.5 Å². The molecule has 1 saturated heterocycles. The molecule has 0 saturated carbocycles. The molecule has 1 heterocycles. The summed E-state index contributed by atoms with van der Waals surface area (Å²) < 4.78 is 5.61. The van der Waals surface area contributed by atoms with Crippen molar-refractivity contribution in [2.24, 2.45) is 5.92 Å². The van der Waals surface area contributed by atoms with Gasteiger partial charge in [0.1, 0.15) is 5.75 Å². The summed E-state index contributed by atoms with van der Waals surface area (Å²) in [5.74, 6) is 0.225. The van der Waals surface area contributed by atoms with Crippen LogP contribution in [-0.2, 0) is 11.2 Å². The highest BCUT2D eigenvalue weighted by Crippen LogP contribution is 2.24. The molecule has 1 amide bonds. The van der Waals surface area contributed by atoms with E-state index in [0.29, 0.717) is 30.3 Å². The zero-order chi connectivity index (χ0) is 19.2. The van der Waals surface area contributed by atoms with Crippen molar-refractivity contribution in [1.29, 1.82) is 0 Å². The molecule has 2 aromatic carbocycles. The van der Waals surface area contributed by atoms with Crippen LogP contribution in [-0.4, -0.2) is 41.6 Å². The second-order valence-corrected chi connectivity index (χ2v) is 7.10. The number of nitrogens with zero attached hydrogens (tertiary/aromatic N) is 1.